The van der Waals surface area contributed by atoms with Crippen molar-refractivity contribution in [2.75, 3.05) is 25.2 Å². The summed E-state index contributed by atoms with van der Waals surface area (Å²) in [5.41, 5.74) is 1.70. The summed E-state index contributed by atoms with van der Waals surface area (Å²) in [7, 11) is 0. The molecule has 3 heterocycles. The van der Waals surface area contributed by atoms with Crippen LogP contribution < -0.4 is 15.4 Å². The number of amides is 1. The second-order valence-electron chi connectivity index (χ2n) is 8.59. The minimum Gasteiger partial charge on any atom is -0.482 e. The normalized spacial score (nSPS) is 14.6. The van der Waals surface area contributed by atoms with Gasteiger partial charge in [-0.05, 0) is 51.1 Å². The lowest BCUT2D eigenvalue weighted by Gasteiger charge is -2.22. The van der Waals surface area contributed by atoms with Gasteiger partial charge < -0.3 is 19.5 Å². The Morgan fingerprint density at radius 3 is 2.71 bits per heavy atom. The number of nitrogens with zero attached hydrogens (tertiary/aromatic N) is 3. The van der Waals surface area contributed by atoms with E-state index >= 15 is 0 Å². The van der Waals surface area contributed by atoms with E-state index in [2.05, 4.69) is 25.5 Å². The van der Waals surface area contributed by atoms with Gasteiger partial charge >= 0.3 is 12.1 Å². The van der Waals surface area contributed by atoms with Crippen LogP contribution in [-0.4, -0.2) is 46.7 Å². The Balaban J connectivity index is 1.62. The molecule has 2 aromatic heterocycles. The predicted molar refractivity (Wildman–Crippen MR) is 139 cm³/mol. The zero-order chi connectivity index (χ0) is 27.2. The first-order valence-electron chi connectivity index (χ1n) is 11.9. The summed E-state index contributed by atoms with van der Waals surface area (Å²) in [6, 6.07) is 4.50. The molecule has 13 heteroatoms. The molecule has 1 aliphatic rings. The molecule has 1 amide bonds. The zero-order valence-corrected chi connectivity index (χ0v) is 22.2. The second-order valence-corrected chi connectivity index (χ2v) is 9.37. The topological polar surface area (TPSA) is 117 Å². The van der Waals surface area contributed by atoms with Gasteiger partial charge in [-0.1, -0.05) is 23.2 Å². The zero-order valence-electron chi connectivity index (χ0n) is 20.7. The monoisotopic (exact) mass is 565 g/mol. The molecule has 0 radical (unpaired) electrons. The van der Waals surface area contributed by atoms with Crippen molar-refractivity contribution < 1.29 is 28.2 Å². The SMILES string of the molecule is CC(=O)OCOC(=O)Nc1ncc(-c2cnn(C3CCNCC3)c2)cc1O[C@H](C)c1c(Cl)ccc(F)c1Cl. The largest absolute Gasteiger partial charge is 0.482 e. The van der Waals surface area contributed by atoms with Gasteiger partial charge in [-0.2, -0.15) is 5.10 Å². The highest BCUT2D eigenvalue weighted by molar-refractivity contribution is 6.36. The average molecular weight is 566 g/mol. The number of hydrogen-bond donors (Lipinski definition) is 2. The van der Waals surface area contributed by atoms with E-state index in [0.717, 1.165) is 37.6 Å². The van der Waals surface area contributed by atoms with Crippen LogP contribution in [0.15, 0.2) is 36.8 Å². The number of halogens is 3. The van der Waals surface area contributed by atoms with E-state index < -0.39 is 30.8 Å². The molecule has 1 aliphatic heterocycles. The highest BCUT2D eigenvalue weighted by atomic mass is 35.5. The van der Waals surface area contributed by atoms with Crippen molar-refractivity contribution in [3.63, 3.8) is 0 Å². The second kappa shape index (κ2) is 12.4. The molecule has 3 aromatic rings. The van der Waals surface area contributed by atoms with Gasteiger partial charge in [0.15, 0.2) is 11.6 Å². The fourth-order valence-corrected chi connectivity index (χ4v) is 4.69. The van der Waals surface area contributed by atoms with E-state index in [0.29, 0.717) is 11.6 Å². The van der Waals surface area contributed by atoms with Gasteiger partial charge in [0.05, 0.1) is 17.3 Å². The third-order valence-electron chi connectivity index (χ3n) is 5.93. The van der Waals surface area contributed by atoms with Crippen LogP contribution in [0.3, 0.4) is 0 Å². The van der Waals surface area contributed by atoms with Crippen molar-refractivity contribution in [3.8, 4) is 16.9 Å². The number of pyridine rings is 1. The molecule has 0 aliphatic carbocycles. The maximum absolute atomic E-state index is 14.1. The van der Waals surface area contributed by atoms with E-state index in [9.17, 15) is 14.0 Å². The van der Waals surface area contributed by atoms with Crippen LogP contribution in [0.5, 0.6) is 5.75 Å². The Kier molecular flexibility index (Phi) is 9.03. The number of carbonyl (C=O) groups is 2. The first-order chi connectivity index (χ1) is 18.2. The predicted octanol–water partition coefficient (Wildman–Crippen LogP) is 5.52. The van der Waals surface area contributed by atoms with Gasteiger partial charge in [0.25, 0.3) is 0 Å². The van der Waals surface area contributed by atoms with Gasteiger partial charge in [-0.25, -0.2) is 14.2 Å². The molecule has 202 valence electrons. The fourth-order valence-electron chi connectivity index (χ4n) is 4.01. The minimum absolute atomic E-state index is 0.0165. The number of anilines is 1. The molecule has 0 bridgehead atoms. The molecular weight excluding hydrogens is 540 g/mol. The highest BCUT2D eigenvalue weighted by Gasteiger charge is 2.22. The van der Waals surface area contributed by atoms with Gasteiger partial charge in [0.1, 0.15) is 11.9 Å². The quantitative estimate of drug-likeness (QED) is 0.208. The van der Waals surface area contributed by atoms with Crippen LogP contribution >= 0.6 is 23.2 Å². The molecule has 2 N–H and O–H groups in total. The maximum atomic E-state index is 14.1. The van der Waals surface area contributed by atoms with Gasteiger partial charge in [-0.3, -0.25) is 14.8 Å². The summed E-state index contributed by atoms with van der Waals surface area (Å²) < 4.78 is 31.6. The Hall–Kier alpha value is -3.41. The fraction of sp³-hybridized carbons (Fsp3) is 0.360. The summed E-state index contributed by atoms with van der Waals surface area (Å²) in [6.07, 6.45) is 5.40. The number of nitrogens with one attached hydrogen (secondary N) is 2. The molecule has 1 saturated heterocycles. The molecule has 0 spiro atoms. The molecule has 0 saturated carbocycles. The van der Waals surface area contributed by atoms with E-state index in [-0.39, 0.29) is 27.2 Å². The summed E-state index contributed by atoms with van der Waals surface area (Å²) in [5, 5.41) is 10.4. The summed E-state index contributed by atoms with van der Waals surface area (Å²) in [4.78, 5) is 27.5. The molecular formula is C25H26Cl2FN5O5. The van der Waals surface area contributed by atoms with Crippen molar-refractivity contribution in [1.82, 2.24) is 20.1 Å². The lowest BCUT2D eigenvalue weighted by molar-refractivity contribution is -0.148. The molecule has 38 heavy (non-hydrogen) atoms. The van der Waals surface area contributed by atoms with Crippen molar-refractivity contribution in [3.05, 3.63) is 58.2 Å². The van der Waals surface area contributed by atoms with Crippen LogP contribution in [0.2, 0.25) is 10.0 Å². The minimum atomic E-state index is -0.926. The molecule has 1 aromatic carbocycles. The Morgan fingerprint density at radius 1 is 1.21 bits per heavy atom. The van der Waals surface area contributed by atoms with Crippen LogP contribution in [0.25, 0.3) is 11.1 Å². The number of carbonyl (C=O) groups excluding carboxylic acids is 2. The molecule has 0 unspecified atom stereocenters. The number of ether oxygens (including phenoxy) is 3. The van der Waals surface area contributed by atoms with Gasteiger partial charge in [-0.15, -0.1) is 0 Å². The maximum Gasteiger partial charge on any atom is 0.415 e. The van der Waals surface area contributed by atoms with E-state index in [1.807, 2.05) is 10.9 Å². The van der Waals surface area contributed by atoms with Crippen LogP contribution in [0.1, 0.15) is 44.4 Å². The number of hydrogen-bond acceptors (Lipinski definition) is 8. The summed E-state index contributed by atoms with van der Waals surface area (Å²) >= 11 is 12.4. The third-order valence-corrected chi connectivity index (χ3v) is 6.65. The number of benzene rings is 1. The van der Waals surface area contributed by atoms with Crippen molar-refractivity contribution in [2.45, 2.75) is 38.8 Å². The van der Waals surface area contributed by atoms with E-state index in [1.165, 1.54) is 13.0 Å². The van der Waals surface area contributed by atoms with Crippen molar-refractivity contribution in [2.24, 2.45) is 0 Å². The summed E-state index contributed by atoms with van der Waals surface area (Å²) in [6.45, 7) is 4.10. The van der Waals surface area contributed by atoms with Crippen LogP contribution in [0.4, 0.5) is 15.0 Å². The summed E-state index contributed by atoms with van der Waals surface area (Å²) in [5.74, 6) is -1.09. The molecule has 1 atom stereocenters. The van der Waals surface area contributed by atoms with Gasteiger partial charge in [0.2, 0.25) is 6.79 Å². The number of aromatic nitrogens is 3. The van der Waals surface area contributed by atoms with Gasteiger partial charge in [0, 0.05) is 41.0 Å². The standard InChI is InChI=1S/C25H26Cl2FN5O5/c1-14(22-19(26)3-4-20(28)23(22)27)38-21-9-16(10-30-24(21)32-25(35)37-13-36-15(2)34)17-11-31-33(12-17)18-5-7-29-8-6-18/h3-4,9-12,14,18,29H,5-8,13H2,1-2H3,(H,30,32,35)/t14-/m1/s1. The van der Waals surface area contributed by atoms with Crippen molar-refractivity contribution in [1.29, 1.82) is 0 Å². The lowest BCUT2D eigenvalue weighted by Crippen LogP contribution is -2.29. The highest BCUT2D eigenvalue weighted by Crippen LogP contribution is 2.38. The first kappa shape index (κ1) is 27.6. The Bertz CT molecular complexity index is 1320. The third kappa shape index (κ3) is 6.72. The van der Waals surface area contributed by atoms with Crippen LogP contribution in [-0.2, 0) is 14.3 Å². The molecule has 4 rings (SSSR count). The number of rotatable bonds is 8. The molecule has 10 nitrogen and oxygen atoms in total. The average Bonchev–Trinajstić information content (AvgIpc) is 3.38. The number of esters is 1. The van der Waals surface area contributed by atoms with Crippen LogP contribution in [0, 0.1) is 5.82 Å². The van der Waals surface area contributed by atoms with Crippen molar-refractivity contribution >= 4 is 41.1 Å². The van der Waals surface area contributed by atoms with E-state index in [1.54, 1.807) is 25.4 Å². The Labute approximate surface area is 228 Å². The number of piperidine rings is 1. The first-order valence-corrected chi connectivity index (χ1v) is 12.6. The lowest BCUT2D eigenvalue weighted by atomic mass is 10.1. The Morgan fingerprint density at radius 2 is 1.97 bits per heavy atom. The molecule has 1 fully saturated rings. The van der Waals surface area contributed by atoms with E-state index in [4.69, 9.17) is 32.7 Å². The smallest absolute Gasteiger partial charge is 0.415 e.